The Bertz CT molecular complexity index is 362. The minimum absolute atomic E-state index is 0.000394. The zero-order chi connectivity index (χ0) is 12.1. The van der Waals surface area contributed by atoms with Crippen LogP contribution in [0.25, 0.3) is 0 Å². The maximum Gasteiger partial charge on any atom is 0.145 e. The molecule has 0 saturated carbocycles. The molecule has 0 aliphatic carbocycles. The number of ether oxygens (including phenoxy) is 1. The molecule has 0 saturated heterocycles. The van der Waals surface area contributed by atoms with Crippen molar-refractivity contribution in [3.05, 3.63) is 27.4 Å². The fourth-order valence-electron chi connectivity index (χ4n) is 1.28. The van der Waals surface area contributed by atoms with Gasteiger partial charge in [0.05, 0.1) is 15.6 Å². The summed E-state index contributed by atoms with van der Waals surface area (Å²) in [6.07, 6.45) is 1.72. The second-order valence-electron chi connectivity index (χ2n) is 3.56. The summed E-state index contributed by atoms with van der Waals surface area (Å²) < 4.78 is 19.4. The van der Waals surface area contributed by atoms with Crippen molar-refractivity contribution in [3.63, 3.8) is 0 Å². The predicted octanol–water partition coefficient (Wildman–Crippen LogP) is 3.75. The molecule has 2 nitrogen and oxygen atoms in total. The van der Waals surface area contributed by atoms with Gasteiger partial charge in [-0.05, 0) is 48.3 Å². The van der Waals surface area contributed by atoms with Crippen molar-refractivity contribution in [2.24, 2.45) is 5.73 Å². The smallest absolute Gasteiger partial charge is 0.145 e. The van der Waals surface area contributed by atoms with E-state index in [4.69, 9.17) is 22.1 Å². The summed E-state index contributed by atoms with van der Waals surface area (Å²) in [5.41, 5.74) is 5.40. The van der Waals surface area contributed by atoms with Crippen LogP contribution in [0.3, 0.4) is 0 Å². The van der Waals surface area contributed by atoms with E-state index in [1.54, 1.807) is 0 Å². The van der Waals surface area contributed by atoms with Crippen LogP contribution in [-0.2, 0) is 0 Å². The first-order chi connectivity index (χ1) is 7.54. The SMILES string of the molecule is CC(CCCN)Oc1cc(F)c(Cl)cc1Br. The molecule has 0 spiro atoms. The highest BCUT2D eigenvalue weighted by molar-refractivity contribution is 9.10. The second kappa shape index (κ2) is 6.42. The van der Waals surface area contributed by atoms with E-state index in [0.717, 1.165) is 12.8 Å². The normalized spacial score (nSPS) is 12.6. The molecule has 0 fully saturated rings. The minimum atomic E-state index is -0.481. The predicted molar refractivity (Wildman–Crippen MR) is 67.5 cm³/mol. The van der Waals surface area contributed by atoms with Crippen molar-refractivity contribution in [2.75, 3.05) is 6.54 Å². The van der Waals surface area contributed by atoms with E-state index in [1.807, 2.05) is 6.92 Å². The number of hydrogen-bond acceptors (Lipinski definition) is 2. The van der Waals surface area contributed by atoms with Gasteiger partial charge in [0.15, 0.2) is 0 Å². The quantitative estimate of drug-likeness (QED) is 0.841. The van der Waals surface area contributed by atoms with Gasteiger partial charge in [0.25, 0.3) is 0 Å². The topological polar surface area (TPSA) is 35.2 Å². The molecule has 0 aliphatic heterocycles. The van der Waals surface area contributed by atoms with Gasteiger partial charge in [-0.3, -0.25) is 0 Å². The molecule has 0 aromatic heterocycles. The van der Waals surface area contributed by atoms with Crippen molar-refractivity contribution in [1.29, 1.82) is 0 Å². The van der Waals surface area contributed by atoms with Gasteiger partial charge in [-0.1, -0.05) is 11.6 Å². The molecule has 1 atom stereocenters. The van der Waals surface area contributed by atoms with E-state index < -0.39 is 5.82 Å². The lowest BCUT2D eigenvalue weighted by molar-refractivity contribution is 0.206. The number of halogens is 3. The van der Waals surface area contributed by atoms with Crippen molar-refractivity contribution < 1.29 is 9.13 Å². The Kier molecular flexibility index (Phi) is 5.52. The van der Waals surface area contributed by atoms with Gasteiger partial charge in [-0.25, -0.2) is 4.39 Å². The molecule has 1 aromatic carbocycles. The second-order valence-corrected chi connectivity index (χ2v) is 4.82. The lowest BCUT2D eigenvalue weighted by Crippen LogP contribution is -2.14. The molecule has 90 valence electrons. The van der Waals surface area contributed by atoms with Crippen LogP contribution in [0.15, 0.2) is 16.6 Å². The minimum Gasteiger partial charge on any atom is -0.489 e. The van der Waals surface area contributed by atoms with Gasteiger partial charge < -0.3 is 10.5 Å². The maximum absolute atomic E-state index is 13.2. The largest absolute Gasteiger partial charge is 0.489 e. The number of rotatable bonds is 5. The molecule has 1 aromatic rings. The Morgan fingerprint density at radius 3 is 2.88 bits per heavy atom. The van der Waals surface area contributed by atoms with Gasteiger partial charge >= 0.3 is 0 Å². The zero-order valence-corrected chi connectivity index (χ0v) is 11.3. The summed E-state index contributed by atoms with van der Waals surface area (Å²) in [7, 11) is 0. The fraction of sp³-hybridized carbons (Fsp3) is 0.455. The summed E-state index contributed by atoms with van der Waals surface area (Å²) in [6, 6.07) is 2.77. The third-order valence-electron chi connectivity index (χ3n) is 2.12. The summed E-state index contributed by atoms with van der Waals surface area (Å²) >= 11 is 8.91. The molecule has 2 N–H and O–H groups in total. The summed E-state index contributed by atoms with van der Waals surface area (Å²) in [5.74, 6) is -0.0164. The van der Waals surface area contributed by atoms with Crippen LogP contribution in [0, 0.1) is 5.82 Å². The fourth-order valence-corrected chi connectivity index (χ4v) is 2.01. The monoisotopic (exact) mass is 309 g/mol. The van der Waals surface area contributed by atoms with Crippen LogP contribution in [0.5, 0.6) is 5.75 Å². The summed E-state index contributed by atoms with van der Waals surface area (Å²) in [4.78, 5) is 0. The number of nitrogens with two attached hydrogens (primary N) is 1. The van der Waals surface area contributed by atoms with E-state index in [1.165, 1.54) is 12.1 Å². The zero-order valence-electron chi connectivity index (χ0n) is 8.97. The van der Waals surface area contributed by atoms with Crippen LogP contribution < -0.4 is 10.5 Å². The van der Waals surface area contributed by atoms with Crippen LogP contribution in [-0.4, -0.2) is 12.6 Å². The van der Waals surface area contributed by atoms with Gasteiger partial charge in [0, 0.05) is 6.07 Å². The molecule has 1 unspecified atom stereocenters. The van der Waals surface area contributed by atoms with Crippen LogP contribution in [0.4, 0.5) is 4.39 Å². The average molecular weight is 311 g/mol. The number of hydrogen-bond donors (Lipinski definition) is 1. The van der Waals surface area contributed by atoms with Crippen molar-refractivity contribution in [3.8, 4) is 5.75 Å². The van der Waals surface area contributed by atoms with Gasteiger partial charge in [-0.15, -0.1) is 0 Å². The third-order valence-corrected chi connectivity index (χ3v) is 3.03. The Morgan fingerprint density at radius 1 is 1.56 bits per heavy atom. The van der Waals surface area contributed by atoms with Crippen LogP contribution in [0.2, 0.25) is 5.02 Å². The molecule has 0 amide bonds. The van der Waals surface area contributed by atoms with Crippen molar-refractivity contribution in [1.82, 2.24) is 0 Å². The van der Waals surface area contributed by atoms with Crippen LogP contribution >= 0.6 is 27.5 Å². The first-order valence-electron chi connectivity index (χ1n) is 5.06. The Hall–Kier alpha value is -0.320. The van der Waals surface area contributed by atoms with Crippen molar-refractivity contribution >= 4 is 27.5 Å². The lowest BCUT2D eigenvalue weighted by atomic mass is 10.2. The molecule has 0 bridgehead atoms. The summed E-state index contributed by atoms with van der Waals surface area (Å²) in [6.45, 7) is 2.55. The highest BCUT2D eigenvalue weighted by Crippen LogP contribution is 2.31. The molecule has 0 heterocycles. The third kappa shape index (κ3) is 3.92. The molecule has 0 aliphatic rings. The van der Waals surface area contributed by atoms with Gasteiger partial charge in [0.1, 0.15) is 11.6 Å². The van der Waals surface area contributed by atoms with E-state index in [2.05, 4.69) is 15.9 Å². The standard InChI is InChI=1S/C11H14BrClFNO/c1-7(3-2-4-15)16-11-6-10(14)9(13)5-8(11)12/h5-7H,2-4,15H2,1H3. The van der Waals surface area contributed by atoms with Gasteiger partial charge in [0.2, 0.25) is 0 Å². The van der Waals surface area contributed by atoms with Crippen LogP contribution in [0.1, 0.15) is 19.8 Å². The van der Waals surface area contributed by atoms with E-state index in [0.29, 0.717) is 16.8 Å². The van der Waals surface area contributed by atoms with E-state index in [9.17, 15) is 4.39 Å². The van der Waals surface area contributed by atoms with E-state index >= 15 is 0 Å². The number of benzene rings is 1. The maximum atomic E-state index is 13.2. The average Bonchev–Trinajstić information content (AvgIpc) is 2.23. The first-order valence-corrected chi connectivity index (χ1v) is 6.23. The Morgan fingerprint density at radius 2 is 2.25 bits per heavy atom. The molecule has 1 rings (SSSR count). The lowest BCUT2D eigenvalue weighted by Gasteiger charge is -2.15. The Labute approximate surface area is 108 Å². The molecular formula is C11H14BrClFNO. The Balaban J connectivity index is 2.69. The highest BCUT2D eigenvalue weighted by Gasteiger charge is 2.10. The summed E-state index contributed by atoms with van der Waals surface area (Å²) in [5, 5.41) is 0.0776. The molecule has 16 heavy (non-hydrogen) atoms. The first kappa shape index (κ1) is 13.7. The van der Waals surface area contributed by atoms with Gasteiger partial charge in [-0.2, -0.15) is 0 Å². The molecule has 0 radical (unpaired) electrons. The van der Waals surface area contributed by atoms with E-state index in [-0.39, 0.29) is 11.1 Å². The van der Waals surface area contributed by atoms with Crippen molar-refractivity contribution in [2.45, 2.75) is 25.9 Å². The molecule has 5 heteroatoms. The molecular weight excluding hydrogens is 296 g/mol. The highest BCUT2D eigenvalue weighted by atomic mass is 79.9.